The van der Waals surface area contributed by atoms with Crippen LogP contribution in [0.3, 0.4) is 0 Å². The molecule has 2 aliphatic rings. The highest BCUT2D eigenvalue weighted by molar-refractivity contribution is 5.87. The number of hydrogen-bond donors (Lipinski definition) is 1. The van der Waals surface area contributed by atoms with Gasteiger partial charge in [0.2, 0.25) is 5.91 Å². The molecule has 1 amide bonds. The number of hydrogen-bond acceptors (Lipinski definition) is 3. The molecule has 3 rings (SSSR count). The van der Waals surface area contributed by atoms with E-state index >= 15 is 0 Å². The third-order valence-corrected chi connectivity index (χ3v) is 5.72. The van der Waals surface area contributed by atoms with E-state index in [9.17, 15) is 9.59 Å². The molecule has 1 aliphatic heterocycles. The number of carboxylic acid groups (broad SMARTS) is 1. The van der Waals surface area contributed by atoms with Crippen molar-refractivity contribution in [3.63, 3.8) is 0 Å². The van der Waals surface area contributed by atoms with Crippen LogP contribution in [0.5, 0.6) is 0 Å². The second kappa shape index (κ2) is 7.56. The van der Waals surface area contributed by atoms with Gasteiger partial charge in [-0.2, -0.15) is 0 Å². The summed E-state index contributed by atoms with van der Waals surface area (Å²) < 4.78 is 5.32. The molecule has 1 saturated carbocycles. The quantitative estimate of drug-likeness (QED) is 0.861. The second-order valence-corrected chi connectivity index (χ2v) is 7.53. The minimum absolute atomic E-state index is 0.270. The lowest BCUT2D eigenvalue weighted by atomic mass is 9.68. The lowest BCUT2D eigenvalue weighted by Crippen LogP contribution is -2.53. The van der Waals surface area contributed by atoms with Gasteiger partial charge < -0.3 is 14.7 Å². The molecular formula is C20H27NO4. The van der Waals surface area contributed by atoms with Gasteiger partial charge in [0, 0.05) is 20.2 Å². The molecule has 2 fully saturated rings. The molecule has 1 atom stereocenters. The van der Waals surface area contributed by atoms with Crippen molar-refractivity contribution < 1.29 is 19.4 Å². The molecule has 136 valence electrons. The smallest absolute Gasteiger partial charge is 0.335 e. The third-order valence-electron chi connectivity index (χ3n) is 5.72. The van der Waals surface area contributed by atoms with Crippen LogP contribution < -0.4 is 0 Å². The zero-order chi connectivity index (χ0) is 17.9. The number of carbonyl (C=O) groups is 2. The molecule has 1 saturated heterocycles. The van der Waals surface area contributed by atoms with Crippen molar-refractivity contribution >= 4 is 11.9 Å². The van der Waals surface area contributed by atoms with Gasteiger partial charge in [0.25, 0.3) is 0 Å². The number of aromatic carboxylic acids is 1. The number of rotatable bonds is 6. The molecule has 5 heteroatoms. The number of carboxylic acids is 1. The van der Waals surface area contributed by atoms with Crippen molar-refractivity contribution in [2.24, 2.45) is 11.3 Å². The fraction of sp³-hybridized carbons (Fsp3) is 0.600. The van der Waals surface area contributed by atoms with Crippen molar-refractivity contribution in [3.8, 4) is 0 Å². The summed E-state index contributed by atoms with van der Waals surface area (Å²) in [5, 5.41) is 8.99. The Bertz CT molecular complexity index is 621. The maximum atomic E-state index is 13.0. The van der Waals surface area contributed by atoms with E-state index in [0.29, 0.717) is 18.1 Å². The highest BCUT2D eigenvalue weighted by atomic mass is 16.5. The fourth-order valence-electron chi connectivity index (χ4n) is 4.17. The minimum Gasteiger partial charge on any atom is -0.478 e. The van der Waals surface area contributed by atoms with Crippen LogP contribution in [0.4, 0.5) is 0 Å². The highest BCUT2D eigenvalue weighted by Crippen LogP contribution is 2.43. The molecule has 0 spiro atoms. The number of ether oxygens (including phenoxy) is 1. The summed E-state index contributed by atoms with van der Waals surface area (Å²) >= 11 is 0. The molecule has 25 heavy (non-hydrogen) atoms. The molecule has 5 nitrogen and oxygen atoms in total. The van der Waals surface area contributed by atoms with Crippen molar-refractivity contribution in [1.29, 1.82) is 0 Å². The molecule has 0 bridgehead atoms. The maximum absolute atomic E-state index is 13.0. The number of amides is 1. The van der Waals surface area contributed by atoms with Crippen LogP contribution in [0, 0.1) is 11.3 Å². The number of nitrogens with zero attached hydrogens (tertiary/aromatic N) is 1. The Morgan fingerprint density at radius 3 is 2.52 bits per heavy atom. The normalized spacial score (nSPS) is 22.3. The summed E-state index contributed by atoms with van der Waals surface area (Å²) in [6, 6.07) is 7.10. The minimum atomic E-state index is -0.898. The van der Waals surface area contributed by atoms with Crippen molar-refractivity contribution in [2.75, 3.05) is 26.8 Å². The number of benzene rings is 1. The van der Waals surface area contributed by atoms with E-state index in [-0.39, 0.29) is 11.3 Å². The van der Waals surface area contributed by atoms with Gasteiger partial charge in [-0.05, 0) is 55.7 Å². The fourth-order valence-corrected chi connectivity index (χ4v) is 4.17. The zero-order valence-corrected chi connectivity index (χ0v) is 14.9. The van der Waals surface area contributed by atoms with Crippen LogP contribution in [0.1, 0.15) is 48.0 Å². The van der Waals surface area contributed by atoms with Gasteiger partial charge in [-0.1, -0.05) is 18.6 Å². The first-order chi connectivity index (χ1) is 12.0. The maximum Gasteiger partial charge on any atom is 0.335 e. The SMILES string of the molecule is COCC1(C(=O)N2CCC[C@H](Cc3ccc(C(=O)O)cc3)C2)CCC1. The van der Waals surface area contributed by atoms with Crippen LogP contribution in [0.15, 0.2) is 24.3 Å². The lowest BCUT2D eigenvalue weighted by molar-refractivity contribution is -0.154. The van der Waals surface area contributed by atoms with Gasteiger partial charge in [-0.3, -0.25) is 4.79 Å². The predicted octanol–water partition coefficient (Wildman–Crippen LogP) is 2.98. The van der Waals surface area contributed by atoms with Crippen LogP contribution >= 0.6 is 0 Å². The van der Waals surface area contributed by atoms with Gasteiger partial charge in [-0.25, -0.2) is 4.79 Å². The first kappa shape index (κ1) is 17.9. The third kappa shape index (κ3) is 3.87. The molecule has 0 unspecified atom stereocenters. The lowest BCUT2D eigenvalue weighted by Gasteiger charge is -2.45. The first-order valence-electron chi connectivity index (χ1n) is 9.15. The highest BCUT2D eigenvalue weighted by Gasteiger charge is 2.46. The Hall–Kier alpha value is -1.88. The monoisotopic (exact) mass is 345 g/mol. The van der Waals surface area contributed by atoms with Crippen LogP contribution in [0.2, 0.25) is 0 Å². The first-order valence-corrected chi connectivity index (χ1v) is 9.15. The number of carbonyl (C=O) groups excluding carboxylic acids is 1. The molecule has 0 radical (unpaired) electrons. The van der Waals surface area contributed by atoms with E-state index in [1.165, 1.54) is 0 Å². The van der Waals surface area contributed by atoms with Gasteiger partial charge >= 0.3 is 5.97 Å². The van der Waals surface area contributed by atoms with Gasteiger partial charge in [0.1, 0.15) is 0 Å². The second-order valence-electron chi connectivity index (χ2n) is 7.53. The summed E-state index contributed by atoms with van der Waals surface area (Å²) in [4.78, 5) is 26.0. The number of piperidine rings is 1. The number of likely N-dealkylation sites (tertiary alicyclic amines) is 1. The molecule has 1 heterocycles. The van der Waals surface area contributed by atoms with Gasteiger partial charge in [-0.15, -0.1) is 0 Å². The topological polar surface area (TPSA) is 66.8 Å². The summed E-state index contributed by atoms with van der Waals surface area (Å²) in [5.41, 5.74) is 1.18. The number of methoxy groups -OCH3 is 1. The van der Waals surface area contributed by atoms with E-state index in [1.54, 1.807) is 19.2 Å². The summed E-state index contributed by atoms with van der Waals surface area (Å²) in [6.45, 7) is 2.17. The van der Waals surface area contributed by atoms with E-state index in [1.807, 2.05) is 17.0 Å². The van der Waals surface area contributed by atoms with Crippen LogP contribution in [-0.2, 0) is 16.0 Å². The Balaban J connectivity index is 1.61. The van der Waals surface area contributed by atoms with Crippen LogP contribution in [-0.4, -0.2) is 48.7 Å². The largest absolute Gasteiger partial charge is 0.478 e. The molecule has 0 aromatic heterocycles. The zero-order valence-electron chi connectivity index (χ0n) is 14.9. The Morgan fingerprint density at radius 2 is 1.96 bits per heavy atom. The Labute approximate surface area is 149 Å². The van der Waals surface area contributed by atoms with E-state index in [4.69, 9.17) is 9.84 Å². The van der Waals surface area contributed by atoms with Crippen molar-refractivity contribution in [2.45, 2.75) is 38.5 Å². The standard InChI is InChI=1S/C20H27NO4/c1-25-14-20(9-3-10-20)19(24)21-11-2-4-16(13-21)12-15-5-7-17(8-6-15)18(22)23/h5-8,16H,2-4,9-14H2,1H3,(H,22,23)/t16-/m1/s1. The van der Waals surface area contributed by atoms with E-state index in [0.717, 1.165) is 57.2 Å². The van der Waals surface area contributed by atoms with Crippen molar-refractivity contribution in [1.82, 2.24) is 4.90 Å². The summed E-state index contributed by atoms with van der Waals surface area (Å²) in [5.74, 6) is -0.190. The molecule has 1 aliphatic carbocycles. The molecule has 1 aromatic rings. The molecule has 1 N–H and O–H groups in total. The Kier molecular flexibility index (Phi) is 5.42. The molecular weight excluding hydrogens is 318 g/mol. The van der Waals surface area contributed by atoms with E-state index < -0.39 is 5.97 Å². The van der Waals surface area contributed by atoms with E-state index in [2.05, 4.69) is 0 Å². The summed E-state index contributed by atoms with van der Waals surface area (Å²) in [6.07, 6.45) is 6.03. The summed E-state index contributed by atoms with van der Waals surface area (Å²) in [7, 11) is 1.67. The van der Waals surface area contributed by atoms with Crippen LogP contribution in [0.25, 0.3) is 0 Å². The predicted molar refractivity (Wildman–Crippen MR) is 94.6 cm³/mol. The Morgan fingerprint density at radius 1 is 1.24 bits per heavy atom. The van der Waals surface area contributed by atoms with Crippen molar-refractivity contribution in [3.05, 3.63) is 35.4 Å². The molecule has 1 aromatic carbocycles. The van der Waals surface area contributed by atoms with Gasteiger partial charge in [0.15, 0.2) is 0 Å². The average molecular weight is 345 g/mol. The van der Waals surface area contributed by atoms with Gasteiger partial charge in [0.05, 0.1) is 17.6 Å². The average Bonchev–Trinajstić information content (AvgIpc) is 2.58.